The molecule has 2 aliphatic heterocycles. The highest BCUT2D eigenvalue weighted by molar-refractivity contribution is 9.10. The Labute approximate surface area is 134 Å². The average molecular weight is 356 g/mol. The van der Waals surface area contributed by atoms with E-state index in [2.05, 4.69) is 40.3 Å². The van der Waals surface area contributed by atoms with E-state index in [1.807, 2.05) is 0 Å². The van der Waals surface area contributed by atoms with E-state index < -0.39 is 0 Å². The quantitative estimate of drug-likeness (QED) is 0.903. The number of nitrogens with one attached hydrogen (secondary N) is 1. The molecule has 1 N–H and O–H groups in total. The van der Waals surface area contributed by atoms with Gasteiger partial charge in [0.1, 0.15) is 0 Å². The van der Waals surface area contributed by atoms with E-state index in [1.54, 1.807) is 0 Å². The number of hydrogen-bond acceptors (Lipinski definition) is 4. The lowest BCUT2D eigenvalue weighted by Crippen LogP contribution is -2.46. The van der Waals surface area contributed by atoms with Gasteiger partial charge in [-0.05, 0) is 53.4 Å². The summed E-state index contributed by atoms with van der Waals surface area (Å²) < 4.78 is 17.9. The van der Waals surface area contributed by atoms with Gasteiger partial charge in [0.2, 0.25) is 0 Å². The van der Waals surface area contributed by atoms with Crippen LogP contribution in [0.25, 0.3) is 0 Å². The molecule has 0 amide bonds. The number of fused-ring (bicyclic) bond motifs is 1. The minimum absolute atomic E-state index is 0.162. The number of ether oxygens (including phenoxy) is 3. The molecule has 2 aliphatic rings. The lowest BCUT2D eigenvalue weighted by Gasteiger charge is -2.34. The first-order valence-corrected chi connectivity index (χ1v) is 8.36. The van der Waals surface area contributed by atoms with Crippen LogP contribution >= 0.6 is 15.9 Å². The smallest absolute Gasteiger partial charge is 0.175 e. The van der Waals surface area contributed by atoms with Gasteiger partial charge in [-0.3, -0.25) is 0 Å². The van der Waals surface area contributed by atoms with Gasteiger partial charge in [0.15, 0.2) is 11.5 Å². The van der Waals surface area contributed by atoms with E-state index in [1.165, 1.54) is 5.56 Å². The number of rotatable bonds is 3. The standard InChI is InChI=1S/C16H22BrNO3/c1-16(3-7-19-8-4-16)18-11-12-9-13(17)15-14(10-12)20-5-2-6-21-15/h9-10,18H,2-8,11H2,1H3. The van der Waals surface area contributed by atoms with E-state index in [9.17, 15) is 0 Å². The molecule has 0 aromatic heterocycles. The zero-order valence-electron chi connectivity index (χ0n) is 12.4. The second kappa shape index (κ2) is 6.55. The molecule has 0 atom stereocenters. The third-order valence-corrected chi connectivity index (χ3v) is 4.77. The number of halogens is 1. The summed E-state index contributed by atoms with van der Waals surface area (Å²) in [5, 5.41) is 3.67. The molecule has 116 valence electrons. The van der Waals surface area contributed by atoms with Crippen LogP contribution in [-0.4, -0.2) is 32.0 Å². The lowest BCUT2D eigenvalue weighted by molar-refractivity contribution is 0.0446. The van der Waals surface area contributed by atoms with Gasteiger partial charge >= 0.3 is 0 Å². The molecule has 1 saturated heterocycles. The topological polar surface area (TPSA) is 39.7 Å². The number of benzene rings is 1. The fourth-order valence-corrected chi connectivity index (χ4v) is 3.30. The Morgan fingerprint density at radius 2 is 1.90 bits per heavy atom. The van der Waals surface area contributed by atoms with Crippen molar-refractivity contribution in [3.8, 4) is 11.5 Å². The Morgan fingerprint density at radius 1 is 1.14 bits per heavy atom. The van der Waals surface area contributed by atoms with Crippen LogP contribution in [-0.2, 0) is 11.3 Å². The van der Waals surface area contributed by atoms with Crippen molar-refractivity contribution in [2.75, 3.05) is 26.4 Å². The molecule has 1 aromatic carbocycles. The fourth-order valence-electron chi connectivity index (χ4n) is 2.70. The summed E-state index contributed by atoms with van der Waals surface area (Å²) in [6.45, 7) is 6.20. The third kappa shape index (κ3) is 3.71. The van der Waals surface area contributed by atoms with Crippen LogP contribution in [0.5, 0.6) is 11.5 Å². The summed E-state index contributed by atoms with van der Waals surface area (Å²) in [4.78, 5) is 0. The van der Waals surface area contributed by atoms with Crippen LogP contribution in [0, 0.1) is 0 Å². The maximum absolute atomic E-state index is 5.78. The molecule has 21 heavy (non-hydrogen) atoms. The minimum atomic E-state index is 0.162. The summed E-state index contributed by atoms with van der Waals surface area (Å²) in [6.07, 6.45) is 3.03. The van der Waals surface area contributed by atoms with E-state index in [-0.39, 0.29) is 5.54 Å². The van der Waals surface area contributed by atoms with Crippen LogP contribution in [0.2, 0.25) is 0 Å². The van der Waals surface area contributed by atoms with Crippen LogP contribution in [0.1, 0.15) is 31.7 Å². The van der Waals surface area contributed by atoms with Crippen molar-refractivity contribution in [2.24, 2.45) is 0 Å². The summed E-state index contributed by atoms with van der Waals surface area (Å²) in [7, 11) is 0. The Balaban J connectivity index is 1.71. The number of hydrogen-bond donors (Lipinski definition) is 1. The first kappa shape index (κ1) is 15.1. The molecular formula is C16H22BrNO3. The van der Waals surface area contributed by atoms with Crippen molar-refractivity contribution in [1.82, 2.24) is 5.32 Å². The zero-order valence-corrected chi connectivity index (χ0v) is 14.0. The van der Waals surface area contributed by atoms with Gasteiger partial charge in [0.05, 0.1) is 17.7 Å². The largest absolute Gasteiger partial charge is 0.490 e. The van der Waals surface area contributed by atoms with Crippen LogP contribution in [0.3, 0.4) is 0 Å². The molecule has 1 fully saturated rings. The van der Waals surface area contributed by atoms with E-state index in [4.69, 9.17) is 14.2 Å². The lowest BCUT2D eigenvalue weighted by atomic mass is 9.92. The van der Waals surface area contributed by atoms with Gasteiger partial charge < -0.3 is 19.5 Å². The highest BCUT2D eigenvalue weighted by Gasteiger charge is 2.26. The molecule has 2 heterocycles. The molecule has 0 radical (unpaired) electrons. The van der Waals surface area contributed by atoms with Crippen molar-refractivity contribution >= 4 is 15.9 Å². The maximum atomic E-state index is 5.78. The highest BCUT2D eigenvalue weighted by Crippen LogP contribution is 2.38. The van der Waals surface area contributed by atoms with E-state index in [0.29, 0.717) is 13.2 Å². The second-order valence-electron chi connectivity index (χ2n) is 5.98. The first-order chi connectivity index (χ1) is 10.2. The average Bonchev–Trinajstić information content (AvgIpc) is 2.72. The van der Waals surface area contributed by atoms with Crippen molar-refractivity contribution in [2.45, 2.75) is 38.3 Å². The van der Waals surface area contributed by atoms with Gasteiger partial charge in [0, 0.05) is 31.7 Å². The van der Waals surface area contributed by atoms with Gasteiger partial charge in [-0.2, -0.15) is 0 Å². The first-order valence-electron chi connectivity index (χ1n) is 7.57. The summed E-state index contributed by atoms with van der Waals surface area (Å²) >= 11 is 3.59. The molecule has 0 spiro atoms. The predicted molar refractivity (Wildman–Crippen MR) is 85.0 cm³/mol. The zero-order chi connectivity index (χ0) is 14.7. The molecule has 3 rings (SSSR count). The Hall–Kier alpha value is -0.780. The van der Waals surface area contributed by atoms with Crippen LogP contribution in [0.15, 0.2) is 16.6 Å². The molecule has 0 bridgehead atoms. The van der Waals surface area contributed by atoms with Gasteiger partial charge in [-0.15, -0.1) is 0 Å². The SMILES string of the molecule is CC1(NCc2cc(Br)c3c(c2)OCCCO3)CCOCC1. The molecule has 0 aliphatic carbocycles. The van der Waals surface area contributed by atoms with Gasteiger partial charge in [0.25, 0.3) is 0 Å². The fraction of sp³-hybridized carbons (Fsp3) is 0.625. The monoisotopic (exact) mass is 355 g/mol. The Morgan fingerprint density at radius 3 is 2.71 bits per heavy atom. The van der Waals surface area contributed by atoms with Crippen LogP contribution in [0.4, 0.5) is 0 Å². The summed E-state index contributed by atoms with van der Waals surface area (Å²) in [5.74, 6) is 1.67. The van der Waals surface area contributed by atoms with Crippen molar-refractivity contribution in [3.63, 3.8) is 0 Å². The second-order valence-corrected chi connectivity index (χ2v) is 6.84. The maximum Gasteiger partial charge on any atom is 0.175 e. The molecule has 0 saturated carbocycles. The predicted octanol–water partition coefficient (Wildman–Crippen LogP) is 3.27. The van der Waals surface area contributed by atoms with Crippen molar-refractivity contribution < 1.29 is 14.2 Å². The molecule has 1 aromatic rings. The molecule has 5 heteroatoms. The van der Waals surface area contributed by atoms with E-state index in [0.717, 1.165) is 55.0 Å². The van der Waals surface area contributed by atoms with E-state index >= 15 is 0 Å². The minimum Gasteiger partial charge on any atom is -0.490 e. The van der Waals surface area contributed by atoms with Crippen molar-refractivity contribution in [3.05, 3.63) is 22.2 Å². The summed E-state index contributed by atoms with van der Waals surface area (Å²) in [5.41, 5.74) is 1.37. The molecular weight excluding hydrogens is 334 g/mol. The Bertz CT molecular complexity index is 501. The van der Waals surface area contributed by atoms with Gasteiger partial charge in [-0.25, -0.2) is 0 Å². The molecule has 0 unspecified atom stereocenters. The third-order valence-electron chi connectivity index (χ3n) is 4.18. The highest BCUT2D eigenvalue weighted by atomic mass is 79.9. The Kier molecular flexibility index (Phi) is 4.72. The summed E-state index contributed by atoms with van der Waals surface area (Å²) in [6, 6.07) is 4.20. The van der Waals surface area contributed by atoms with Crippen LogP contribution < -0.4 is 14.8 Å². The molecule has 4 nitrogen and oxygen atoms in total. The normalized spacial score (nSPS) is 20.9. The van der Waals surface area contributed by atoms with Gasteiger partial charge in [-0.1, -0.05) is 0 Å². The van der Waals surface area contributed by atoms with Crippen molar-refractivity contribution in [1.29, 1.82) is 0 Å².